The highest BCUT2D eigenvalue weighted by atomic mass is 16.6. The highest BCUT2D eigenvalue weighted by Gasteiger charge is 2.29. The summed E-state index contributed by atoms with van der Waals surface area (Å²) in [5.41, 5.74) is 0.864. The maximum absolute atomic E-state index is 12.9. The van der Waals surface area contributed by atoms with Gasteiger partial charge >= 0.3 is 6.09 Å². The number of nitrogens with one attached hydrogen (secondary N) is 2. The van der Waals surface area contributed by atoms with Gasteiger partial charge in [-0.25, -0.2) is 4.79 Å². The van der Waals surface area contributed by atoms with Crippen LogP contribution in [0, 0.1) is 0 Å². The van der Waals surface area contributed by atoms with E-state index in [9.17, 15) is 14.4 Å². The van der Waals surface area contributed by atoms with Crippen LogP contribution in [0.5, 0.6) is 0 Å². The quantitative estimate of drug-likeness (QED) is 0.569. The average molecular weight is 418 g/mol. The molecule has 1 aromatic carbocycles. The number of benzene rings is 1. The maximum Gasteiger partial charge on any atom is 0.408 e. The minimum absolute atomic E-state index is 0.263. The van der Waals surface area contributed by atoms with E-state index in [-0.39, 0.29) is 12.5 Å². The van der Waals surface area contributed by atoms with Gasteiger partial charge in [0.15, 0.2) is 0 Å². The summed E-state index contributed by atoms with van der Waals surface area (Å²) in [5.74, 6) is -0.668. The lowest BCUT2D eigenvalue weighted by atomic mass is 10.0. The summed E-state index contributed by atoms with van der Waals surface area (Å²) < 4.78 is 5.16. The van der Waals surface area contributed by atoms with Crippen molar-refractivity contribution in [2.45, 2.75) is 58.6 Å². The molecule has 3 amide bonds. The summed E-state index contributed by atoms with van der Waals surface area (Å²) in [5, 5.41) is 5.36. The number of hydrogen-bond donors (Lipinski definition) is 2. The monoisotopic (exact) mass is 417 g/mol. The number of unbranched alkanes of at least 4 members (excludes halogenated alkanes) is 2. The van der Waals surface area contributed by atoms with E-state index in [1.165, 1.54) is 4.90 Å². The van der Waals surface area contributed by atoms with Gasteiger partial charge in [0, 0.05) is 13.6 Å². The van der Waals surface area contributed by atoms with Gasteiger partial charge in [-0.15, -0.1) is 0 Å². The molecule has 30 heavy (non-hydrogen) atoms. The molecular formula is C23H35N3O4. The normalized spacial score (nSPS) is 11.9. The zero-order valence-corrected chi connectivity index (χ0v) is 18.8. The molecule has 0 saturated heterocycles. The molecule has 1 unspecified atom stereocenters. The number of alkyl carbamates (subject to hydrolysis) is 1. The van der Waals surface area contributed by atoms with Crippen LogP contribution in [0.4, 0.5) is 4.79 Å². The first-order valence-electron chi connectivity index (χ1n) is 10.3. The van der Waals surface area contributed by atoms with Crippen LogP contribution in [-0.4, -0.2) is 48.5 Å². The van der Waals surface area contributed by atoms with E-state index in [0.717, 1.165) is 24.8 Å². The van der Waals surface area contributed by atoms with Crippen LogP contribution >= 0.6 is 0 Å². The fourth-order valence-electron chi connectivity index (χ4n) is 2.82. The van der Waals surface area contributed by atoms with Crippen LogP contribution < -0.4 is 10.6 Å². The molecule has 0 bridgehead atoms. The molecule has 0 radical (unpaired) electrons. The third-order valence-corrected chi connectivity index (χ3v) is 4.35. The number of hydrogen-bond acceptors (Lipinski definition) is 4. The predicted molar refractivity (Wildman–Crippen MR) is 119 cm³/mol. The zero-order chi connectivity index (χ0) is 22.7. The summed E-state index contributed by atoms with van der Waals surface area (Å²) in [6, 6.07) is 6.50. The molecule has 0 heterocycles. The second-order valence-corrected chi connectivity index (χ2v) is 8.14. The lowest BCUT2D eigenvalue weighted by molar-refractivity contribution is -0.138. The molecule has 1 rings (SSSR count). The van der Waals surface area contributed by atoms with Crippen molar-refractivity contribution in [3.63, 3.8) is 0 Å². The van der Waals surface area contributed by atoms with Gasteiger partial charge < -0.3 is 20.3 Å². The van der Waals surface area contributed by atoms with E-state index in [0.29, 0.717) is 12.1 Å². The lowest BCUT2D eigenvalue weighted by Gasteiger charge is -2.28. The summed E-state index contributed by atoms with van der Waals surface area (Å²) in [6.07, 6.45) is 3.95. The van der Waals surface area contributed by atoms with Crippen LogP contribution in [0.1, 0.15) is 64.1 Å². The van der Waals surface area contributed by atoms with Gasteiger partial charge in [0.1, 0.15) is 18.2 Å². The van der Waals surface area contributed by atoms with Gasteiger partial charge in [-0.05, 0) is 44.4 Å². The Morgan fingerprint density at radius 3 is 2.50 bits per heavy atom. The molecular weight excluding hydrogens is 382 g/mol. The molecule has 7 heteroatoms. The first kappa shape index (κ1) is 25.2. The standard InChI is InChI=1S/C23H35N3O4/c1-7-9-10-14-24-21(28)20(18-13-11-12-17(8-2)15-18)26(6)19(27)16-25-22(29)30-23(3,4)5/h8,11-13,15,20H,2,7,9-10,14,16H2,1,3-6H3,(H,24,28)(H,25,29). The fourth-order valence-corrected chi connectivity index (χ4v) is 2.82. The van der Waals surface area contributed by atoms with Crippen LogP contribution in [0.15, 0.2) is 30.8 Å². The molecule has 0 aliphatic rings. The molecule has 7 nitrogen and oxygen atoms in total. The number of carbonyl (C=O) groups is 3. The summed E-state index contributed by atoms with van der Waals surface area (Å²) >= 11 is 0. The Balaban J connectivity index is 2.93. The van der Waals surface area contributed by atoms with Crippen molar-refractivity contribution in [2.75, 3.05) is 20.1 Å². The van der Waals surface area contributed by atoms with Gasteiger partial charge in [-0.1, -0.05) is 50.6 Å². The van der Waals surface area contributed by atoms with E-state index < -0.39 is 23.6 Å². The van der Waals surface area contributed by atoms with Crippen molar-refractivity contribution in [3.05, 3.63) is 42.0 Å². The third kappa shape index (κ3) is 8.68. The van der Waals surface area contributed by atoms with E-state index in [4.69, 9.17) is 4.74 Å². The maximum atomic E-state index is 12.9. The number of amides is 3. The average Bonchev–Trinajstić information content (AvgIpc) is 2.68. The van der Waals surface area contributed by atoms with Crippen LogP contribution in [-0.2, 0) is 14.3 Å². The number of likely N-dealkylation sites (N-methyl/N-ethyl adjacent to an activating group) is 1. The Bertz CT molecular complexity index is 740. The van der Waals surface area contributed by atoms with Crippen LogP contribution in [0.2, 0.25) is 0 Å². The van der Waals surface area contributed by atoms with Gasteiger partial charge in [0.25, 0.3) is 0 Å². The number of carbonyl (C=O) groups excluding carboxylic acids is 3. The minimum Gasteiger partial charge on any atom is -0.444 e. The first-order valence-corrected chi connectivity index (χ1v) is 10.3. The van der Waals surface area contributed by atoms with Crippen molar-refractivity contribution < 1.29 is 19.1 Å². The summed E-state index contributed by atoms with van der Waals surface area (Å²) in [7, 11) is 1.55. The molecule has 1 aromatic rings. The van der Waals surface area contributed by atoms with Crippen molar-refractivity contribution in [1.82, 2.24) is 15.5 Å². The van der Waals surface area contributed by atoms with Crippen LogP contribution in [0.3, 0.4) is 0 Å². The summed E-state index contributed by atoms with van der Waals surface area (Å²) in [6.45, 7) is 11.4. The second kappa shape index (κ2) is 12.0. The Morgan fingerprint density at radius 1 is 1.20 bits per heavy atom. The van der Waals surface area contributed by atoms with Gasteiger partial charge in [-0.2, -0.15) is 0 Å². The molecule has 0 fully saturated rings. The fraction of sp³-hybridized carbons (Fsp3) is 0.522. The van der Waals surface area contributed by atoms with E-state index in [1.807, 2.05) is 18.2 Å². The smallest absolute Gasteiger partial charge is 0.408 e. The second-order valence-electron chi connectivity index (χ2n) is 8.14. The Kier molecular flexibility index (Phi) is 10.1. The molecule has 0 aliphatic heterocycles. The van der Waals surface area contributed by atoms with Gasteiger partial charge in [0.05, 0.1) is 0 Å². The van der Waals surface area contributed by atoms with Crippen molar-refractivity contribution in [2.24, 2.45) is 0 Å². The topological polar surface area (TPSA) is 87.7 Å². The van der Waals surface area contributed by atoms with Crippen molar-refractivity contribution >= 4 is 24.0 Å². The SMILES string of the molecule is C=Cc1cccc(C(C(=O)NCCCCC)N(C)C(=O)CNC(=O)OC(C)(C)C)c1. The molecule has 1 atom stereocenters. The highest BCUT2D eigenvalue weighted by Crippen LogP contribution is 2.22. The molecule has 2 N–H and O–H groups in total. The zero-order valence-electron chi connectivity index (χ0n) is 18.8. The van der Waals surface area contributed by atoms with Crippen molar-refractivity contribution in [1.29, 1.82) is 0 Å². The Morgan fingerprint density at radius 2 is 1.90 bits per heavy atom. The van der Waals surface area contributed by atoms with Crippen LogP contribution in [0.25, 0.3) is 6.08 Å². The van der Waals surface area contributed by atoms with E-state index >= 15 is 0 Å². The van der Waals surface area contributed by atoms with Gasteiger partial charge in [-0.3, -0.25) is 9.59 Å². The number of rotatable bonds is 10. The van der Waals surface area contributed by atoms with Crippen molar-refractivity contribution in [3.8, 4) is 0 Å². The molecule has 0 saturated carbocycles. The Labute approximate surface area is 179 Å². The molecule has 166 valence electrons. The lowest BCUT2D eigenvalue weighted by Crippen LogP contribution is -2.46. The molecule has 0 spiro atoms. The minimum atomic E-state index is -0.820. The number of ether oxygens (including phenoxy) is 1. The first-order chi connectivity index (χ1) is 14.1. The third-order valence-electron chi connectivity index (χ3n) is 4.35. The van der Waals surface area contributed by atoms with E-state index in [2.05, 4.69) is 24.1 Å². The largest absolute Gasteiger partial charge is 0.444 e. The molecule has 0 aromatic heterocycles. The van der Waals surface area contributed by atoms with E-state index in [1.54, 1.807) is 40.0 Å². The predicted octanol–water partition coefficient (Wildman–Crippen LogP) is 3.66. The highest BCUT2D eigenvalue weighted by molar-refractivity contribution is 5.90. The number of nitrogens with zero attached hydrogens (tertiary/aromatic N) is 1. The van der Waals surface area contributed by atoms with Gasteiger partial charge in [0.2, 0.25) is 11.8 Å². The summed E-state index contributed by atoms with van der Waals surface area (Å²) in [4.78, 5) is 38.8. The Hall–Kier alpha value is -2.83. The molecule has 0 aliphatic carbocycles.